The van der Waals surface area contributed by atoms with Crippen molar-refractivity contribution in [2.24, 2.45) is 5.92 Å². The Balaban J connectivity index is 1.20. The maximum absolute atomic E-state index is 13.0. The number of hydrogen-bond donors (Lipinski definition) is 1. The highest BCUT2D eigenvalue weighted by atomic mass is 35.5. The number of halogens is 1. The molecular weight excluding hydrogens is 416 g/mol. The number of ether oxygens (including phenoxy) is 1. The highest BCUT2D eigenvalue weighted by Crippen LogP contribution is 2.27. The number of carbonyl (C=O) groups excluding carboxylic acids is 1. The van der Waals surface area contributed by atoms with E-state index in [0.717, 1.165) is 30.4 Å². The lowest BCUT2D eigenvalue weighted by Crippen LogP contribution is -2.56. The summed E-state index contributed by atoms with van der Waals surface area (Å²) in [6.07, 6.45) is 1.13. The van der Waals surface area contributed by atoms with Crippen LogP contribution in [0.25, 0.3) is 11.0 Å². The second-order valence-electron chi connectivity index (χ2n) is 8.03. The summed E-state index contributed by atoms with van der Waals surface area (Å²) in [4.78, 5) is 30.0. The molecule has 0 spiro atoms. The molecule has 0 unspecified atom stereocenters. The Labute approximate surface area is 185 Å². The molecule has 1 aromatic carbocycles. The van der Waals surface area contributed by atoms with Gasteiger partial charge in [0.15, 0.2) is 5.65 Å². The Kier molecular flexibility index (Phi) is 5.43. The summed E-state index contributed by atoms with van der Waals surface area (Å²) in [5, 5.41) is 1.45. The number of aromatic nitrogens is 3. The van der Waals surface area contributed by atoms with E-state index in [1.807, 2.05) is 41.3 Å². The Morgan fingerprint density at radius 1 is 1.13 bits per heavy atom. The number of hydrogen-bond acceptors (Lipinski definition) is 7. The third-order valence-corrected chi connectivity index (χ3v) is 6.14. The largest absolute Gasteiger partial charge is 0.383 e. The predicted octanol–water partition coefficient (Wildman–Crippen LogP) is 2.29. The van der Waals surface area contributed by atoms with Crippen molar-refractivity contribution in [3.63, 3.8) is 0 Å². The highest BCUT2D eigenvalue weighted by molar-refractivity contribution is 6.30. The molecule has 1 amide bonds. The van der Waals surface area contributed by atoms with Gasteiger partial charge in [0.2, 0.25) is 5.91 Å². The highest BCUT2D eigenvalue weighted by Gasteiger charge is 2.37. The van der Waals surface area contributed by atoms with Gasteiger partial charge in [-0.15, -0.1) is 0 Å². The van der Waals surface area contributed by atoms with E-state index in [0.29, 0.717) is 36.5 Å². The number of nitrogen functional groups attached to an aromatic ring is 1. The van der Waals surface area contributed by atoms with Crippen LogP contribution in [0.5, 0.6) is 0 Å². The molecule has 1 atom stereocenters. The second kappa shape index (κ2) is 8.37. The van der Waals surface area contributed by atoms with Gasteiger partial charge < -0.3 is 15.4 Å². The fourth-order valence-electron chi connectivity index (χ4n) is 4.15. The van der Waals surface area contributed by atoms with E-state index in [1.54, 1.807) is 0 Å². The lowest BCUT2D eigenvalue weighted by atomic mass is 9.97. The van der Waals surface area contributed by atoms with Gasteiger partial charge in [0.1, 0.15) is 18.2 Å². The summed E-state index contributed by atoms with van der Waals surface area (Å²) in [5.41, 5.74) is 8.37. The van der Waals surface area contributed by atoms with E-state index in [2.05, 4.69) is 19.9 Å². The van der Waals surface area contributed by atoms with Gasteiger partial charge >= 0.3 is 0 Å². The first-order valence-corrected chi connectivity index (χ1v) is 10.7. The molecule has 4 heterocycles. The standard InChI is InChI=1S/C22H23ClN6O2/c23-16-3-1-14(2-4-16)9-28-10-15(11-28)22(30)29-7-8-31-19(12-29)18-6-5-17-20(24)25-13-26-21(17)27-18/h1-6,13,15,19H,7-12H2,(H2,24,25,26,27)/t19-/m0/s1. The molecule has 0 aliphatic carbocycles. The number of anilines is 1. The number of likely N-dealkylation sites (tertiary alicyclic amines) is 1. The molecule has 3 aromatic rings. The van der Waals surface area contributed by atoms with Gasteiger partial charge in [-0.2, -0.15) is 0 Å². The molecular formula is C22H23ClN6O2. The van der Waals surface area contributed by atoms with Crippen molar-refractivity contribution in [3.05, 3.63) is 59.0 Å². The molecule has 2 aliphatic heterocycles. The minimum Gasteiger partial charge on any atom is -0.383 e. The number of nitrogens with two attached hydrogens (primary N) is 1. The van der Waals surface area contributed by atoms with Crippen molar-refractivity contribution < 1.29 is 9.53 Å². The van der Waals surface area contributed by atoms with Crippen LogP contribution in [0.2, 0.25) is 5.02 Å². The SMILES string of the molecule is Nc1ncnc2nc([C@@H]3CN(C(=O)C4CN(Cc5ccc(Cl)cc5)C4)CCO3)ccc12. The predicted molar refractivity (Wildman–Crippen MR) is 117 cm³/mol. The Hall–Kier alpha value is -2.81. The van der Waals surface area contributed by atoms with E-state index in [9.17, 15) is 4.79 Å². The Morgan fingerprint density at radius 2 is 1.94 bits per heavy atom. The molecule has 0 radical (unpaired) electrons. The van der Waals surface area contributed by atoms with E-state index in [-0.39, 0.29) is 17.9 Å². The summed E-state index contributed by atoms with van der Waals surface area (Å²) < 4.78 is 5.91. The third kappa shape index (κ3) is 4.19. The van der Waals surface area contributed by atoms with Crippen LogP contribution in [0.15, 0.2) is 42.7 Å². The van der Waals surface area contributed by atoms with Gasteiger partial charge in [0.25, 0.3) is 0 Å². The van der Waals surface area contributed by atoms with Crippen molar-refractivity contribution in [2.75, 3.05) is 38.5 Å². The molecule has 31 heavy (non-hydrogen) atoms. The summed E-state index contributed by atoms with van der Waals surface area (Å²) >= 11 is 5.95. The normalized spacial score (nSPS) is 20.0. The van der Waals surface area contributed by atoms with Crippen LogP contribution in [-0.4, -0.2) is 63.4 Å². The molecule has 0 bridgehead atoms. The smallest absolute Gasteiger partial charge is 0.228 e. The minimum atomic E-state index is -0.275. The maximum Gasteiger partial charge on any atom is 0.228 e. The first-order valence-electron chi connectivity index (χ1n) is 10.3. The molecule has 2 fully saturated rings. The zero-order valence-electron chi connectivity index (χ0n) is 16.9. The van der Waals surface area contributed by atoms with Crippen molar-refractivity contribution in [3.8, 4) is 0 Å². The molecule has 0 saturated carbocycles. The fraction of sp³-hybridized carbons (Fsp3) is 0.364. The average Bonchev–Trinajstić information content (AvgIpc) is 2.77. The minimum absolute atomic E-state index is 0.0307. The number of benzene rings is 1. The first kappa shape index (κ1) is 20.1. The number of morpholine rings is 1. The Bertz CT molecular complexity index is 1100. The van der Waals surface area contributed by atoms with Crippen molar-refractivity contribution >= 4 is 34.4 Å². The topological polar surface area (TPSA) is 97.5 Å². The van der Waals surface area contributed by atoms with Crippen LogP contribution >= 0.6 is 11.6 Å². The molecule has 5 rings (SSSR count). The van der Waals surface area contributed by atoms with E-state index in [4.69, 9.17) is 22.1 Å². The average molecular weight is 439 g/mol. The maximum atomic E-state index is 13.0. The van der Waals surface area contributed by atoms with Gasteiger partial charge in [0, 0.05) is 31.2 Å². The van der Waals surface area contributed by atoms with Crippen LogP contribution in [0.3, 0.4) is 0 Å². The van der Waals surface area contributed by atoms with Gasteiger partial charge in [0.05, 0.1) is 30.1 Å². The van der Waals surface area contributed by atoms with E-state index in [1.165, 1.54) is 11.9 Å². The van der Waals surface area contributed by atoms with Crippen molar-refractivity contribution in [1.29, 1.82) is 0 Å². The lowest BCUT2D eigenvalue weighted by molar-refractivity contribution is -0.149. The number of nitrogens with zero attached hydrogens (tertiary/aromatic N) is 5. The van der Waals surface area contributed by atoms with Crippen LogP contribution in [0.4, 0.5) is 5.82 Å². The van der Waals surface area contributed by atoms with Crippen LogP contribution in [0.1, 0.15) is 17.4 Å². The lowest BCUT2D eigenvalue weighted by Gasteiger charge is -2.42. The molecule has 2 aromatic heterocycles. The molecule has 2 aliphatic rings. The fourth-order valence-corrected chi connectivity index (χ4v) is 4.27. The zero-order valence-corrected chi connectivity index (χ0v) is 17.7. The van der Waals surface area contributed by atoms with Gasteiger partial charge in [-0.25, -0.2) is 15.0 Å². The number of rotatable bonds is 4. The van der Waals surface area contributed by atoms with Crippen LogP contribution in [-0.2, 0) is 16.1 Å². The molecule has 160 valence electrons. The molecule has 9 heteroatoms. The third-order valence-electron chi connectivity index (χ3n) is 5.88. The zero-order chi connectivity index (χ0) is 21.4. The summed E-state index contributed by atoms with van der Waals surface area (Å²) in [7, 11) is 0. The number of fused-ring (bicyclic) bond motifs is 1. The van der Waals surface area contributed by atoms with Crippen LogP contribution < -0.4 is 5.73 Å². The number of carbonyl (C=O) groups is 1. The van der Waals surface area contributed by atoms with Gasteiger partial charge in [-0.05, 0) is 29.8 Å². The number of pyridine rings is 1. The monoisotopic (exact) mass is 438 g/mol. The van der Waals surface area contributed by atoms with Gasteiger partial charge in [-0.3, -0.25) is 9.69 Å². The summed E-state index contributed by atoms with van der Waals surface area (Å²) in [6, 6.07) is 11.6. The van der Waals surface area contributed by atoms with Gasteiger partial charge in [-0.1, -0.05) is 23.7 Å². The van der Waals surface area contributed by atoms with Crippen LogP contribution in [0, 0.1) is 5.92 Å². The van der Waals surface area contributed by atoms with E-state index < -0.39 is 0 Å². The van der Waals surface area contributed by atoms with Crippen molar-refractivity contribution in [2.45, 2.75) is 12.6 Å². The molecule has 2 N–H and O–H groups in total. The molecule has 8 nitrogen and oxygen atoms in total. The quantitative estimate of drug-likeness (QED) is 0.667. The first-order chi connectivity index (χ1) is 15.1. The summed E-state index contributed by atoms with van der Waals surface area (Å²) in [5.74, 6) is 0.620. The summed E-state index contributed by atoms with van der Waals surface area (Å²) in [6.45, 7) is 3.96. The van der Waals surface area contributed by atoms with Crippen molar-refractivity contribution in [1.82, 2.24) is 24.8 Å². The Morgan fingerprint density at radius 3 is 2.74 bits per heavy atom. The second-order valence-corrected chi connectivity index (χ2v) is 8.46. The molecule has 2 saturated heterocycles. The number of amides is 1. The van der Waals surface area contributed by atoms with E-state index >= 15 is 0 Å².